The molecule has 0 unspecified atom stereocenters. The Kier molecular flexibility index (Phi) is 15.2. The van der Waals surface area contributed by atoms with Crippen LogP contribution in [0.5, 0.6) is 0 Å². The number of amides is 4. The molecule has 64 heavy (non-hydrogen) atoms. The minimum atomic E-state index is -3.80. The molecule has 14 nitrogen and oxygen atoms in total. The second kappa shape index (κ2) is 20.9. The molecule has 2 aliphatic rings. The maximum absolute atomic E-state index is 13.5. The molecule has 18 heteroatoms. The first-order valence-electron chi connectivity index (χ1n) is 20.4. The van der Waals surface area contributed by atoms with Gasteiger partial charge in [-0.15, -0.1) is 0 Å². The lowest BCUT2D eigenvalue weighted by atomic mass is 10.2. The zero-order chi connectivity index (χ0) is 45.4. The number of fused-ring (bicyclic) bond motifs is 2. The molecule has 0 atom stereocenters. The van der Waals surface area contributed by atoms with Crippen molar-refractivity contribution in [2.75, 3.05) is 74.0 Å². The van der Waals surface area contributed by atoms with Gasteiger partial charge in [-0.05, 0) is 63.6 Å². The minimum absolute atomic E-state index is 0.125. The van der Waals surface area contributed by atoms with E-state index < -0.39 is 9.84 Å². The Morgan fingerprint density at radius 2 is 1.06 bits per heavy atom. The summed E-state index contributed by atoms with van der Waals surface area (Å²) < 4.78 is 26.0. The van der Waals surface area contributed by atoms with Crippen molar-refractivity contribution in [1.29, 1.82) is 0 Å². The molecule has 0 fully saturated rings. The van der Waals surface area contributed by atoms with Crippen molar-refractivity contribution in [3.8, 4) is 0 Å². The summed E-state index contributed by atoms with van der Waals surface area (Å²) in [5, 5.41) is 1.36. The Bertz CT molecular complexity index is 2700. The zero-order valence-corrected chi connectivity index (χ0v) is 39.0. The van der Waals surface area contributed by atoms with Gasteiger partial charge in [0.1, 0.15) is 11.6 Å². The number of halogens is 2. The number of carbonyl (C=O) groups excluding carboxylic acids is 2. The summed E-state index contributed by atoms with van der Waals surface area (Å²) in [6.07, 6.45) is 3.31. The number of sulfone groups is 1. The molecule has 4 amide bonds. The normalized spacial score (nSPS) is 13.8. The van der Waals surface area contributed by atoms with Gasteiger partial charge in [-0.3, -0.25) is 19.6 Å². The molecule has 0 radical (unpaired) electrons. The van der Waals surface area contributed by atoms with Gasteiger partial charge in [-0.2, -0.15) is 0 Å². The third-order valence-electron chi connectivity index (χ3n) is 10.2. The van der Waals surface area contributed by atoms with Gasteiger partial charge in [0, 0.05) is 55.5 Å². The number of benzene rings is 4. The number of hydrogen-bond acceptors (Lipinski definition) is 11. The van der Waals surface area contributed by atoms with Crippen molar-refractivity contribution in [2.45, 2.75) is 34.9 Å². The summed E-state index contributed by atoms with van der Waals surface area (Å²) >= 11 is 14.3. The van der Waals surface area contributed by atoms with Gasteiger partial charge in [-0.1, -0.05) is 120 Å². The third kappa shape index (κ3) is 11.2. The highest BCUT2D eigenvalue weighted by atomic mass is 35.5. The fourth-order valence-electron chi connectivity index (χ4n) is 6.92. The number of anilines is 4. The largest absolute Gasteiger partial charge is 0.330 e. The van der Waals surface area contributed by atoms with Crippen LogP contribution >= 0.6 is 35.0 Å². The Morgan fingerprint density at radius 1 is 0.609 bits per heavy atom. The fraction of sp³-hybridized carbons (Fsp3) is 0.261. The second-order valence-electron chi connectivity index (χ2n) is 15.6. The summed E-state index contributed by atoms with van der Waals surface area (Å²) in [6.45, 7) is 2.72. The van der Waals surface area contributed by atoms with E-state index in [1.807, 2.05) is 92.7 Å². The zero-order valence-electron chi connectivity index (χ0n) is 35.9. The Balaban J connectivity index is 0.000000192. The number of carbonyl (C=O) groups is 2. The molecule has 0 bridgehead atoms. The van der Waals surface area contributed by atoms with E-state index in [4.69, 9.17) is 28.2 Å². The van der Waals surface area contributed by atoms with E-state index in [0.717, 1.165) is 17.9 Å². The average molecular weight is 940 g/mol. The van der Waals surface area contributed by atoms with E-state index in [-0.39, 0.29) is 29.5 Å². The van der Waals surface area contributed by atoms with Crippen molar-refractivity contribution in [3.63, 3.8) is 0 Å². The number of hydrogen-bond donors (Lipinski definition) is 0. The molecule has 0 N–H and O–H groups in total. The quantitative estimate of drug-likeness (QED) is 0.0767. The van der Waals surface area contributed by atoms with Crippen LogP contribution in [0.2, 0.25) is 10.0 Å². The van der Waals surface area contributed by atoms with Crippen LogP contribution in [0.15, 0.2) is 132 Å². The molecule has 8 rings (SSSR count). The van der Waals surface area contributed by atoms with Crippen LogP contribution in [-0.2, 0) is 34.4 Å². The van der Waals surface area contributed by atoms with E-state index in [2.05, 4.69) is 27.1 Å². The number of aromatic nitrogens is 4. The van der Waals surface area contributed by atoms with Crippen molar-refractivity contribution in [2.24, 2.45) is 0 Å². The van der Waals surface area contributed by atoms with Gasteiger partial charge >= 0.3 is 12.1 Å². The first-order chi connectivity index (χ1) is 30.8. The molecule has 2 aliphatic heterocycles. The molecular weight excluding hydrogens is 892 g/mol. The fourth-order valence-corrected chi connectivity index (χ4v) is 9.37. The van der Waals surface area contributed by atoms with Gasteiger partial charge in [0.15, 0.2) is 5.16 Å². The van der Waals surface area contributed by atoms with Gasteiger partial charge in [0.2, 0.25) is 15.0 Å². The van der Waals surface area contributed by atoms with Crippen LogP contribution < -0.4 is 19.6 Å². The van der Waals surface area contributed by atoms with Crippen LogP contribution in [-0.4, -0.2) is 105 Å². The molecular formula is C46H48Cl2N10O4S2. The standard InChI is InChI=1S/C23H24ClN5O3S.C23H24ClN5OS/c1-27(2)12-13-28-21-18(15-29(23(28)30)20-11-7-6-10-19(20)24)14-25-22(26-21)33(31,32)16-17-8-4-3-5-9-17;1-27(2)12-13-28-21-18(15-29(23(28)30)20-11-7-6-10-19(20)24)14-25-22(26-21)31-16-17-8-4-3-5-9-17/h3-11,14H,12-13,15-16H2,1-2H3;3-11,14H,12-13,15-16H2,1-2H3. The average Bonchev–Trinajstić information content (AvgIpc) is 3.28. The van der Waals surface area contributed by atoms with Crippen LogP contribution in [0.3, 0.4) is 0 Å². The second-order valence-corrected chi connectivity index (χ2v) is 19.2. The van der Waals surface area contributed by atoms with Gasteiger partial charge in [0.05, 0.1) is 40.3 Å². The SMILES string of the molecule is CN(C)CCN1C(=O)N(c2ccccc2Cl)Cc2cnc(S(=O)(=O)Cc3ccccc3)nc21.CN(C)CCN1C(=O)N(c2ccccc2Cl)Cc2cnc(SCc3ccccc3)nc21. The van der Waals surface area contributed by atoms with Crippen LogP contribution in [0.4, 0.5) is 32.6 Å². The monoisotopic (exact) mass is 938 g/mol. The molecule has 0 saturated heterocycles. The summed E-state index contributed by atoms with van der Waals surface area (Å²) in [7, 11) is 3.98. The maximum atomic E-state index is 13.5. The lowest BCUT2D eigenvalue weighted by molar-refractivity contribution is 0.248. The maximum Gasteiger partial charge on any atom is 0.330 e. The summed E-state index contributed by atoms with van der Waals surface area (Å²) in [5.41, 5.74) is 4.67. The number of likely N-dealkylation sites (N-methyl/N-ethyl adjacent to an activating group) is 2. The van der Waals surface area contributed by atoms with E-state index in [9.17, 15) is 18.0 Å². The van der Waals surface area contributed by atoms with Crippen LogP contribution in [0.25, 0.3) is 0 Å². The Morgan fingerprint density at radius 3 is 1.56 bits per heavy atom. The number of nitrogens with zero attached hydrogens (tertiary/aromatic N) is 10. The van der Waals surface area contributed by atoms with Gasteiger partial charge in [-0.25, -0.2) is 37.9 Å². The molecule has 6 aromatic rings. The van der Waals surface area contributed by atoms with Crippen molar-refractivity contribution in [1.82, 2.24) is 29.7 Å². The van der Waals surface area contributed by atoms with Gasteiger partial charge in [0.25, 0.3) is 0 Å². The predicted molar refractivity (Wildman–Crippen MR) is 255 cm³/mol. The van der Waals surface area contributed by atoms with Crippen molar-refractivity contribution < 1.29 is 18.0 Å². The highest BCUT2D eigenvalue weighted by Crippen LogP contribution is 2.36. The number of thioether (sulfide) groups is 1. The number of urea groups is 2. The lowest BCUT2D eigenvalue weighted by Crippen LogP contribution is -2.50. The number of rotatable bonds is 14. The number of para-hydroxylation sites is 2. The molecule has 2 aromatic heterocycles. The topological polar surface area (TPSA) is 139 Å². The molecule has 4 aromatic carbocycles. The van der Waals surface area contributed by atoms with E-state index in [1.165, 1.54) is 16.7 Å². The molecule has 4 heterocycles. The van der Waals surface area contributed by atoms with Crippen molar-refractivity contribution in [3.05, 3.63) is 154 Å². The predicted octanol–water partition coefficient (Wildman–Crippen LogP) is 8.54. The molecule has 0 aliphatic carbocycles. The Hall–Kier alpha value is -5.62. The summed E-state index contributed by atoms with van der Waals surface area (Å²) in [4.78, 5) is 55.2. The summed E-state index contributed by atoms with van der Waals surface area (Å²) in [6, 6.07) is 33.1. The molecule has 332 valence electrons. The molecule has 0 saturated carbocycles. The minimum Gasteiger partial charge on any atom is -0.308 e. The van der Waals surface area contributed by atoms with Crippen molar-refractivity contribution >= 4 is 79.9 Å². The first-order valence-corrected chi connectivity index (χ1v) is 23.8. The van der Waals surface area contributed by atoms with Gasteiger partial charge < -0.3 is 9.80 Å². The molecule has 0 spiro atoms. The van der Waals surface area contributed by atoms with E-state index in [1.54, 1.807) is 75.0 Å². The highest BCUT2D eigenvalue weighted by molar-refractivity contribution is 7.98. The first kappa shape index (κ1) is 46.4. The van der Waals surface area contributed by atoms with Crippen LogP contribution in [0.1, 0.15) is 22.3 Å². The Labute approximate surface area is 388 Å². The summed E-state index contributed by atoms with van der Waals surface area (Å²) in [5.74, 6) is 1.55. The third-order valence-corrected chi connectivity index (χ3v) is 13.3. The van der Waals surface area contributed by atoms with Crippen LogP contribution in [0, 0.1) is 0 Å². The van der Waals surface area contributed by atoms with E-state index in [0.29, 0.717) is 75.5 Å². The highest BCUT2D eigenvalue weighted by Gasteiger charge is 2.36. The smallest absolute Gasteiger partial charge is 0.308 e. The van der Waals surface area contributed by atoms with E-state index >= 15 is 0 Å². The lowest BCUT2D eigenvalue weighted by Gasteiger charge is -2.36.